The zero-order chi connectivity index (χ0) is 22.5. The highest BCUT2D eigenvalue weighted by atomic mass is 16.5. The molecule has 0 radical (unpaired) electrons. The number of carbonyl (C=O) groups excluding carboxylic acids is 1. The van der Waals surface area contributed by atoms with Gasteiger partial charge in [-0.2, -0.15) is 0 Å². The van der Waals surface area contributed by atoms with E-state index < -0.39 is 6.04 Å². The van der Waals surface area contributed by atoms with Gasteiger partial charge in [0, 0.05) is 22.7 Å². The van der Waals surface area contributed by atoms with Crippen LogP contribution in [0.5, 0.6) is 17.2 Å². The quantitative estimate of drug-likeness (QED) is 0.439. The second-order valence-corrected chi connectivity index (χ2v) is 7.22. The molecule has 0 fully saturated rings. The van der Waals surface area contributed by atoms with Crippen LogP contribution in [0.1, 0.15) is 34.5 Å². The maximum absolute atomic E-state index is 13.1. The molecule has 32 heavy (non-hydrogen) atoms. The number of aromatic nitrogens is 1. The highest BCUT2D eigenvalue weighted by Gasteiger charge is 2.22. The normalized spacial score (nSPS) is 11.7. The molecule has 0 aliphatic carbocycles. The van der Waals surface area contributed by atoms with Crippen LogP contribution in [0, 0.1) is 0 Å². The zero-order valence-corrected chi connectivity index (χ0v) is 17.9. The third kappa shape index (κ3) is 4.34. The average Bonchev–Trinajstić information content (AvgIpc) is 2.84. The maximum Gasteiger partial charge on any atom is 0.252 e. The Bertz CT molecular complexity index is 1220. The van der Waals surface area contributed by atoms with Gasteiger partial charge in [0.05, 0.1) is 19.8 Å². The third-order valence-electron chi connectivity index (χ3n) is 5.24. The molecule has 1 atom stereocenters. The van der Waals surface area contributed by atoms with Gasteiger partial charge in [0.25, 0.3) is 5.91 Å². The summed E-state index contributed by atoms with van der Waals surface area (Å²) in [4.78, 5) is 17.4. The van der Waals surface area contributed by atoms with Crippen LogP contribution >= 0.6 is 0 Å². The first-order chi connectivity index (χ1) is 15.6. The van der Waals surface area contributed by atoms with E-state index in [2.05, 4.69) is 10.3 Å². The third-order valence-corrected chi connectivity index (χ3v) is 5.24. The van der Waals surface area contributed by atoms with Gasteiger partial charge in [0.2, 0.25) is 0 Å². The van der Waals surface area contributed by atoms with Crippen LogP contribution in [-0.4, -0.2) is 29.7 Å². The van der Waals surface area contributed by atoms with Gasteiger partial charge in [-0.25, -0.2) is 0 Å². The number of phenols is 1. The van der Waals surface area contributed by atoms with Gasteiger partial charge in [-0.15, -0.1) is 0 Å². The summed E-state index contributed by atoms with van der Waals surface area (Å²) in [5, 5.41) is 14.9. The molecule has 4 rings (SSSR count). The van der Waals surface area contributed by atoms with E-state index in [1.54, 1.807) is 37.6 Å². The lowest BCUT2D eigenvalue weighted by Gasteiger charge is -2.22. The minimum atomic E-state index is -0.591. The molecule has 0 aliphatic heterocycles. The minimum absolute atomic E-state index is 0.0389. The summed E-state index contributed by atoms with van der Waals surface area (Å²) < 4.78 is 10.7. The Hall–Kier alpha value is -4.06. The molecule has 1 aromatic heterocycles. The van der Waals surface area contributed by atoms with Crippen LogP contribution in [0.15, 0.2) is 79.0 Å². The first kappa shape index (κ1) is 21.2. The first-order valence-electron chi connectivity index (χ1n) is 10.3. The molecule has 1 heterocycles. The van der Waals surface area contributed by atoms with Crippen molar-refractivity contribution in [2.45, 2.75) is 13.0 Å². The van der Waals surface area contributed by atoms with E-state index in [4.69, 9.17) is 9.47 Å². The second kappa shape index (κ2) is 9.39. The van der Waals surface area contributed by atoms with Crippen molar-refractivity contribution >= 4 is 16.8 Å². The standard InChI is InChI=1S/C26H24N2O4/c1-3-32-21-13-6-18(7-14-21)23(28-26(30)19-8-11-20(31-2)12-9-19)22-15-10-17-5-4-16-27-24(17)25(22)29/h4-16,23,29H,3H2,1-2H3,(H,28,30). The maximum atomic E-state index is 13.1. The smallest absolute Gasteiger partial charge is 0.252 e. The van der Waals surface area contributed by atoms with Crippen LogP contribution < -0.4 is 14.8 Å². The van der Waals surface area contributed by atoms with E-state index in [1.807, 2.05) is 55.5 Å². The van der Waals surface area contributed by atoms with E-state index in [9.17, 15) is 9.90 Å². The van der Waals surface area contributed by atoms with Crippen molar-refractivity contribution in [2.75, 3.05) is 13.7 Å². The number of hydrogen-bond donors (Lipinski definition) is 2. The SMILES string of the molecule is CCOc1ccc(C(NC(=O)c2ccc(OC)cc2)c2ccc3cccnc3c2O)cc1. The molecule has 0 saturated heterocycles. The van der Waals surface area contributed by atoms with Crippen molar-refractivity contribution in [2.24, 2.45) is 0 Å². The van der Waals surface area contributed by atoms with E-state index in [1.165, 1.54) is 0 Å². The van der Waals surface area contributed by atoms with Crippen molar-refractivity contribution in [3.63, 3.8) is 0 Å². The van der Waals surface area contributed by atoms with Crippen LogP contribution in [0.25, 0.3) is 10.9 Å². The Kier molecular flexibility index (Phi) is 6.22. The number of aromatic hydroxyl groups is 1. The fourth-order valence-electron chi connectivity index (χ4n) is 3.60. The summed E-state index contributed by atoms with van der Waals surface area (Å²) in [6.45, 7) is 2.49. The lowest BCUT2D eigenvalue weighted by molar-refractivity contribution is 0.0942. The Morgan fingerprint density at radius 1 is 1.00 bits per heavy atom. The summed E-state index contributed by atoms with van der Waals surface area (Å²) in [6.07, 6.45) is 1.63. The van der Waals surface area contributed by atoms with E-state index in [-0.39, 0.29) is 11.7 Å². The van der Waals surface area contributed by atoms with Gasteiger partial charge >= 0.3 is 0 Å². The van der Waals surface area contributed by atoms with E-state index in [0.29, 0.717) is 29.0 Å². The van der Waals surface area contributed by atoms with E-state index >= 15 is 0 Å². The number of hydrogen-bond acceptors (Lipinski definition) is 5. The highest BCUT2D eigenvalue weighted by molar-refractivity contribution is 5.95. The van der Waals surface area contributed by atoms with Crippen molar-refractivity contribution < 1.29 is 19.4 Å². The Morgan fingerprint density at radius 2 is 1.72 bits per heavy atom. The van der Waals surface area contributed by atoms with Gasteiger partial charge in [0.15, 0.2) is 0 Å². The fraction of sp³-hybridized carbons (Fsp3) is 0.154. The number of carbonyl (C=O) groups is 1. The van der Waals surface area contributed by atoms with Crippen molar-refractivity contribution in [1.29, 1.82) is 0 Å². The van der Waals surface area contributed by atoms with Crippen LogP contribution in [0.4, 0.5) is 0 Å². The molecule has 6 nitrogen and oxygen atoms in total. The largest absolute Gasteiger partial charge is 0.505 e. The average molecular weight is 428 g/mol. The van der Waals surface area contributed by atoms with Crippen LogP contribution in [0.2, 0.25) is 0 Å². The zero-order valence-electron chi connectivity index (χ0n) is 17.9. The number of benzene rings is 3. The predicted octanol–water partition coefficient (Wildman–Crippen LogP) is 4.87. The molecule has 2 N–H and O–H groups in total. The number of phenolic OH excluding ortho intramolecular Hbond substituents is 1. The summed E-state index contributed by atoms with van der Waals surface area (Å²) in [7, 11) is 1.58. The van der Waals surface area contributed by atoms with Gasteiger partial charge < -0.3 is 19.9 Å². The van der Waals surface area contributed by atoms with Gasteiger partial charge in [-0.3, -0.25) is 9.78 Å². The minimum Gasteiger partial charge on any atom is -0.505 e. The second-order valence-electron chi connectivity index (χ2n) is 7.22. The molecule has 0 aliphatic rings. The number of nitrogens with one attached hydrogen (secondary N) is 1. The molecule has 162 valence electrons. The molecule has 0 saturated carbocycles. The molecule has 0 spiro atoms. The summed E-state index contributed by atoms with van der Waals surface area (Å²) >= 11 is 0. The number of rotatable bonds is 7. The molecule has 3 aromatic carbocycles. The van der Waals surface area contributed by atoms with E-state index in [0.717, 1.165) is 16.7 Å². The number of methoxy groups -OCH3 is 1. The van der Waals surface area contributed by atoms with Crippen LogP contribution in [0.3, 0.4) is 0 Å². The molecular weight excluding hydrogens is 404 g/mol. The Labute approximate surface area is 186 Å². The Morgan fingerprint density at radius 3 is 2.41 bits per heavy atom. The molecule has 0 bridgehead atoms. The Balaban J connectivity index is 1.74. The fourth-order valence-corrected chi connectivity index (χ4v) is 3.60. The molecular formula is C26H24N2O4. The highest BCUT2D eigenvalue weighted by Crippen LogP contribution is 2.35. The predicted molar refractivity (Wildman–Crippen MR) is 123 cm³/mol. The number of pyridine rings is 1. The number of amides is 1. The van der Waals surface area contributed by atoms with Crippen molar-refractivity contribution in [3.8, 4) is 17.2 Å². The van der Waals surface area contributed by atoms with Gasteiger partial charge in [-0.1, -0.05) is 30.3 Å². The summed E-state index contributed by atoms with van der Waals surface area (Å²) in [5.74, 6) is 1.17. The van der Waals surface area contributed by atoms with Crippen molar-refractivity contribution in [1.82, 2.24) is 10.3 Å². The van der Waals surface area contributed by atoms with Gasteiger partial charge in [0.1, 0.15) is 22.8 Å². The van der Waals surface area contributed by atoms with Gasteiger partial charge in [-0.05, 0) is 55.0 Å². The molecule has 1 amide bonds. The van der Waals surface area contributed by atoms with Crippen molar-refractivity contribution in [3.05, 3.63) is 95.7 Å². The lowest BCUT2D eigenvalue weighted by Crippen LogP contribution is -2.29. The topological polar surface area (TPSA) is 80.7 Å². The summed E-state index contributed by atoms with van der Waals surface area (Å²) in [5.41, 5.74) is 2.34. The monoisotopic (exact) mass is 428 g/mol. The number of nitrogens with zero attached hydrogens (tertiary/aromatic N) is 1. The first-order valence-corrected chi connectivity index (χ1v) is 10.3. The summed E-state index contributed by atoms with van der Waals surface area (Å²) in [6, 6.07) is 21.1. The lowest BCUT2D eigenvalue weighted by atomic mass is 9.95. The molecule has 4 aromatic rings. The molecule has 6 heteroatoms. The number of ether oxygens (including phenoxy) is 2. The molecule has 1 unspecified atom stereocenters. The number of fused-ring (bicyclic) bond motifs is 1. The van der Waals surface area contributed by atoms with Crippen LogP contribution in [-0.2, 0) is 0 Å².